The van der Waals surface area contributed by atoms with Crippen molar-refractivity contribution in [2.75, 3.05) is 0 Å². The van der Waals surface area contributed by atoms with Gasteiger partial charge in [-0.3, -0.25) is 0 Å². The Labute approximate surface area is 131 Å². The number of fused-ring (bicyclic) bond motifs is 1. The van der Waals surface area contributed by atoms with E-state index < -0.39 is 5.97 Å². The van der Waals surface area contributed by atoms with Crippen LogP contribution in [0.4, 0.5) is 0 Å². The Kier molecular flexibility index (Phi) is 2.98. The fourth-order valence-electron chi connectivity index (χ4n) is 2.47. The summed E-state index contributed by atoms with van der Waals surface area (Å²) >= 11 is 0. The highest BCUT2D eigenvalue weighted by atomic mass is 16.4. The third kappa shape index (κ3) is 2.38. The minimum Gasteiger partial charge on any atom is -0.478 e. The highest BCUT2D eigenvalue weighted by molar-refractivity contribution is 5.87. The Bertz CT molecular complexity index is 963. The standard InChI is InChI=1S/C18H12N2O3/c21-18(22)12-5-7-15(8-6-12)20-11-14(10-19-20)17-9-13-3-1-2-4-16(13)23-17/h1-11H,(H,21,22). The number of carboxylic acid groups (broad SMARTS) is 1. The van der Waals surface area contributed by atoms with Crippen LogP contribution in [0.3, 0.4) is 0 Å². The molecule has 5 heteroatoms. The number of rotatable bonds is 3. The van der Waals surface area contributed by atoms with Gasteiger partial charge in [-0.1, -0.05) is 18.2 Å². The first-order valence-corrected chi connectivity index (χ1v) is 7.08. The Hall–Kier alpha value is -3.34. The van der Waals surface area contributed by atoms with E-state index in [9.17, 15) is 4.79 Å². The topological polar surface area (TPSA) is 68.3 Å². The van der Waals surface area contributed by atoms with E-state index in [4.69, 9.17) is 9.52 Å². The largest absolute Gasteiger partial charge is 0.478 e. The van der Waals surface area contributed by atoms with E-state index >= 15 is 0 Å². The molecular weight excluding hydrogens is 292 g/mol. The number of furan rings is 1. The van der Waals surface area contributed by atoms with Gasteiger partial charge in [0, 0.05) is 11.6 Å². The molecule has 1 N–H and O–H groups in total. The summed E-state index contributed by atoms with van der Waals surface area (Å²) in [5.41, 5.74) is 2.74. The maximum absolute atomic E-state index is 10.9. The van der Waals surface area contributed by atoms with Crippen molar-refractivity contribution >= 4 is 16.9 Å². The van der Waals surface area contributed by atoms with Gasteiger partial charge in [-0.15, -0.1) is 0 Å². The molecule has 0 fully saturated rings. The van der Waals surface area contributed by atoms with Crippen LogP contribution in [0.15, 0.2) is 71.4 Å². The normalized spacial score (nSPS) is 11.0. The summed E-state index contributed by atoms with van der Waals surface area (Å²) in [6, 6.07) is 16.4. The van der Waals surface area contributed by atoms with Crippen LogP contribution in [0.25, 0.3) is 28.0 Å². The van der Waals surface area contributed by atoms with E-state index in [1.807, 2.05) is 36.5 Å². The first kappa shape index (κ1) is 13.3. The minimum atomic E-state index is -0.944. The van der Waals surface area contributed by atoms with Crippen molar-refractivity contribution in [3.05, 3.63) is 72.6 Å². The predicted molar refractivity (Wildman–Crippen MR) is 85.7 cm³/mol. The second-order valence-corrected chi connectivity index (χ2v) is 5.17. The van der Waals surface area contributed by atoms with Crippen molar-refractivity contribution in [2.24, 2.45) is 0 Å². The van der Waals surface area contributed by atoms with E-state index in [2.05, 4.69) is 5.10 Å². The number of hydrogen-bond acceptors (Lipinski definition) is 3. The van der Waals surface area contributed by atoms with Crippen LogP contribution in [0.1, 0.15) is 10.4 Å². The molecule has 5 nitrogen and oxygen atoms in total. The van der Waals surface area contributed by atoms with E-state index in [1.54, 1.807) is 35.1 Å². The third-order valence-corrected chi connectivity index (χ3v) is 3.67. The molecular formula is C18H12N2O3. The van der Waals surface area contributed by atoms with E-state index in [1.165, 1.54) is 0 Å². The number of para-hydroxylation sites is 1. The van der Waals surface area contributed by atoms with Gasteiger partial charge in [-0.05, 0) is 36.4 Å². The maximum Gasteiger partial charge on any atom is 0.335 e. The molecule has 0 atom stereocenters. The molecule has 0 spiro atoms. The molecule has 0 saturated heterocycles. The zero-order valence-electron chi connectivity index (χ0n) is 12.0. The summed E-state index contributed by atoms with van der Waals surface area (Å²) in [6.45, 7) is 0. The van der Waals surface area contributed by atoms with Gasteiger partial charge in [0.2, 0.25) is 0 Å². The van der Waals surface area contributed by atoms with Gasteiger partial charge in [-0.2, -0.15) is 5.10 Å². The summed E-state index contributed by atoms with van der Waals surface area (Å²) in [5, 5.41) is 14.3. The number of hydrogen-bond donors (Lipinski definition) is 1. The monoisotopic (exact) mass is 304 g/mol. The van der Waals surface area contributed by atoms with Gasteiger partial charge >= 0.3 is 5.97 Å². The molecule has 0 aliphatic heterocycles. The van der Waals surface area contributed by atoms with Crippen molar-refractivity contribution < 1.29 is 14.3 Å². The zero-order valence-corrected chi connectivity index (χ0v) is 12.0. The summed E-state index contributed by atoms with van der Waals surface area (Å²) in [6.07, 6.45) is 3.58. The van der Waals surface area contributed by atoms with Gasteiger partial charge in [-0.25, -0.2) is 9.48 Å². The number of carboxylic acids is 1. The van der Waals surface area contributed by atoms with Crippen LogP contribution in [0.5, 0.6) is 0 Å². The number of aromatic nitrogens is 2. The van der Waals surface area contributed by atoms with Gasteiger partial charge in [0.05, 0.1) is 23.0 Å². The van der Waals surface area contributed by atoms with E-state index in [-0.39, 0.29) is 5.56 Å². The molecule has 4 rings (SSSR count). The molecule has 0 bridgehead atoms. The zero-order chi connectivity index (χ0) is 15.8. The van der Waals surface area contributed by atoms with E-state index in [0.717, 1.165) is 28.0 Å². The Balaban J connectivity index is 1.69. The fraction of sp³-hybridized carbons (Fsp3) is 0. The highest BCUT2D eigenvalue weighted by Crippen LogP contribution is 2.27. The summed E-state index contributed by atoms with van der Waals surface area (Å²) in [5.74, 6) is -0.195. The number of carbonyl (C=O) groups is 1. The van der Waals surface area contributed by atoms with Crippen LogP contribution in [0, 0.1) is 0 Å². The summed E-state index contributed by atoms with van der Waals surface area (Å²) in [4.78, 5) is 10.9. The van der Waals surface area contributed by atoms with Crippen LogP contribution in [-0.4, -0.2) is 20.9 Å². The third-order valence-electron chi connectivity index (χ3n) is 3.67. The Morgan fingerprint density at radius 2 is 1.87 bits per heavy atom. The molecule has 2 aromatic heterocycles. The predicted octanol–water partition coefficient (Wildman–Crippen LogP) is 3.98. The Morgan fingerprint density at radius 3 is 2.61 bits per heavy atom. The highest BCUT2D eigenvalue weighted by Gasteiger charge is 2.09. The molecule has 0 saturated carbocycles. The lowest BCUT2D eigenvalue weighted by atomic mass is 10.2. The second-order valence-electron chi connectivity index (χ2n) is 5.17. The fourth-order valence-corrected chi connectivity index (χ4v) is 2.47. The molecule has 2 aromatic carbocycles. The lowest BCUT2D eigenvalue weighted by molar-refractivity contribution is 0.0697. The molecule has 0 radical (unpaired) electrons. The SMILES string of the molecule is O=C(O)c1ccc(-n2cc(-c3cc4ccccc4o3)cn2)cc1. The molecule has 112 valence electrons. The lowest BCUT2D eigenvalue weighted by Gasteiger charge is -2.01. The quantitative estimate of drug-likeness (QED) is 0.621. The first-order valence-electron chi connectivity index (χ1n) is 7.08. The average molecular weight is 304 g/mol. The average Bonchev–Trinajstić information content (AvgIpc) is 3.21. The van der Waals surface area contributed by atoms with Crippen LogP contribution < -0.4 is 0 Å². The smallest absolute Gasteiger partial charge is 0.335 e. The Morgan fingerprint density at radius 1 is 1.09 bits per heavy atom. The maximum atomic E-state index is 10.9. The van der Waals surface area contributed by atoms with Crippen LogP contribution in [-0.2, 0) is 0 Å². The number of benzene rings is 2. The summed E-state index contributed by atoms with van der Waals surface area (Å²) < 4.78 is 7.51. The molecule has 0 aliphatic carbocycles. The second kappa shape index (κ2) is 5.14. The van der Waals surface area contributed by atoms with Gasteiger partial charge in [0.15, 0.2) is 0 Å². The lowest BCUT2D eigenvalue weighted by Crippen LogP contribution is -1.98. The minimum absolute atomic E-state index is 0.249. The molecule has 2 heterocycles. The van der Waals surface area contributed by atoms with E-state index in [0.29, 0.717) is 0 Å². The van der Waals surface area contributed by atoms with Gasteiger partial charge < -0.3 is 9.52 Å². The molecule has 23 heavy (non-hydrogen) atoms. The van der Waals surface area contributed by atoms with Crippen molar-refractivity contribution in [1.82, 2.24) is 9.78 Å². The first-order chi connectivity index (χ1) is 11.2. The summed E-state index contributed by atoms with van der Waals surface area (Å²) in [7, 11) is 0. The molecule has 0 aliphatic rings. The van der Waals surface area contributed by atoms with Crippen molar-refractivity contribution in [3.63, 3.8) is 0 Å². The molecule has 4 aromatic rings. The number of nitrogens with zero attached hydrogens (tertiary/aromatic N) is 2. The molecule has 0 amide bonds. The van der Waals surface area contributed by atoms with Gasteiger partial charge in [0.25, 0.3) is 0 Å². The molecule has 0 unspecified atom stereocenters. The van der Waals surface area contributed by atoms with Crippen molar-refractivity contribution in [1.29, 1.82) is 0 Å². The number of aromatic carboxylic acids is 1. The van der Waals surface area contributed by atoms with Crippen LogP contribution in [0.2, 0.25) is 0 Å². The van der Waals surface area contributed by atoms with Gasteiger partial charge in [0.1, 0.15) is 11.3 Å². The van der Waals surface area contributed by atoms with Crippen LogP contribution >= 0.6 is 0 Å². The van der Waals surface area contributed by atoms with Crippen molar-refractivity contribution in [3.8, 4) is 17.0 Å². The van der Waals surface area contributed by atoms with Crippen molar-refractivity contribution in [2.45, 2.75) is 0 Å².